The zero-order valence-electron chi connectivity index (χ0n) is 13.5. The second kappa shape index (κ2) is 8.11. The van der Waals surface area contributed by atoms with Gasteiger partial charge in [-0.15, -0.1) is 0 Å². The van der Waals surface area contributed by atoms with Crippen LogP contribution >= 0.6 is 15.9 Å². The van der Waals surface area contributed by atoms with Gasteiger partial charge in [0, 0.05) is 30.7 Å². The van der Waals surface area contributed by atoms with Gasteiger partial charge in [-0.2, -0.15) is 0 Å². The Morgan fingerprint density at radius 3 is 2.81 bits per heavy atom. The Kier molecular flexibility index (Phi) is 6.46. The minimum absolute atomic E-state index is 0.697. The Balaban J connectivity index is 1.91. The molecule has 3 heteroatoms. The predicted octanol–water partition coefficient (Wildman–Crippen LogP) is 4.35. The van der Waals surface area contributed by atoms with Crippen molar-refractivity contribution in [2.75, 3.05) is 19.6 Å². The van der Waals surface area contributed by atoms with Gasteiger partial charge in [0.25, 0.3) is 0 Å². The van der Waals surface area contributed by atoms with Crippen LogP contribution in [0.3, 0.4) is 0 Å². The Morgan fingerprint density at radius 1 is 1.33 bits per heavy atom. The molecule has 0 bridgehead atoms. The lowest BCUT2D eigenvalue weighted by Gasteiger charge is -2.26. The fourth-order valence-electron chi connectivity index (χ4n) is 2.70. The Hall–Kier alpha value is -0.640. The van der Waals surface area contributed by atoms with Crippen LogP contribution in [0.2, 0.25) is 0 Å². The summed E-state index contributed by atoms with van der Waals surface area (Å²) in [5.41, 5.74) is 4.23. The number of nitrogens with one attached hydrogen (secondary N) is 1. The number of rotatable bonds is 6. The molecule has 1 aliphatic rings. The van der Waals surface area contributed by atoms with Gasteiger partial charge in [0.1, 0.15) is 0 Å². The summed E-state index contributed by atoms with van der Waals surface area (Å²) in [7, 11) is 0. The van der Waals surface area contributed by atoms with Crippen molar-refractivity contribution < 1.29 is 0 Å². The molecule has 1 N–H and O–H groups in total. The van der Waals surface area contributed by atoms with E-state index < -0.39 is 0 Å². The molecule has 0 saturated carbocycles. The minimum atomic E-state index is 0.697. The van der Waals surface area contributed by atoms with Crippen molar-refractivity contribution in [3.05, 3.63) is 45.4 Å². The molecule has 0 spiro atoms. The molecule has 1 aromatic rings. The van der Waals surface area contributed by atoms with Crippen LogP contribution in [0.1, 0.15) is 38.3 Å². The van der Waals surface area contributed by atoms with Gasteiger partial charge < -0.3 is 5.32 Å². The smallest absolute Gasteiger partial charge is 0.0248 e. The molecule has 0 aliphatic carbocycles. The predicted molar refractivity (Wildman–Crippen MR) is 94.3 cm³/mol. The number of nitrogens with zero attached hydrogens (tertiary/aromatic N) is 1. The zero-order chi connectivity index (χ0) is 15.2. The zero-order valence-corrected chi connectivity index (χ0v) is 15.0. The maximum atomic E-state index is 3.74. The van der Waals surface area contributed by atoms with Crippen molar-refractivity contribution in [3.63, 3.8) is 0 Å². The maximum Gasteiger partial charge on any atom is 0.0248 e. The number of hydrogen-bond acceptors (Lipinski definition) is 2. The summed E-state index contributed by atoms with van der Waals surface area (Å²) >= 11 is 3.74. The van der Waals surface area contributed by atoms with E-state index in [1.165, 1.54) is 34.1 Å². The molecule has 1 heterocycles. The van der Waals surface area contributed by atoms with E-state index in [1.807, 2.05) is 0 Å². The van der Waals surface area contributed by atoms with E-state index >= 15 is 0 Å². The summed E-state index contributed by atoms with van der Waals surface area (Å²) in [5, 5.41) is 3.50. The highest BCUT2D eigenvalue weighted by atomic mass is 79.9. The van der Waals surface area contributed by atoms with Crippen LogP contribution in [0.25, 0.3) is 0 Å². The first-order valence-electron chi connectivity index (χ1n) is 7.90. The molecule has 0 unspecified atom stereocenters. The highest BCUT2D eigenvalue weighted by molar-refractivity contribution is 9.10. The Labute approximate surface area is 137 Å². The van der Waals surface area contributed by atoms with Crippen LogP contribution in [0.15, 0.2) is 34.3 Å². The summed E-state index contributed by atoms with van der Waals surface area (Å²) in [6.07, 6.45) is 3.54. The van der Waals surface area contributed by atoms with Crippen LogP contribution < -0.4 is 5.32 Å². The standard InChI is InChI=1S/C18H27BrN2/c1-14(2)10-20-11-16-6-7-17(18(19)9-16)13-21-8-4-5-15(3)12-21/h5-7,9,14,20H,4,8,10-13H2,1-3H3. The van der Waals surface area contributed by atoms with E-state index in [-0.39, 0.29) is 0 Å². The molecule has 0 atom stereocenters. The molecule has 0 fully saturated rings. The molecular weight excluding hydrogens is 324 g/mol. The summed E-state index contributed by atoms with van der Waals surface area (Å²) in [5.74, 6) is 0.697. The fraction of sp³-hybridized carbons (Fsp3) is 0.556. The molecular formula is C18H27BrN2. The first-order valence-corrected chi connectivity index (χ1v) is 8.70. The van der Waals surface area contributed by atoms with Crippen molar-refractivity contribution in [1.29, 1.82) is 0 Å². The van der Waals surface area contributed by atoms with E-state index in [0.29, 0.717) is 5.92 Å². The second-order valence-electron chi connectivity index (χ2n) is 6.50. The number of hydrogen-bond donors (Lipinski definition) is 1. The van der Waals surface area contributed by atoms with E-state index in [0.717, 1.165) is 26.2 Å². The van der Waals surface area contributed by atoms with Crippen molar-refractivity contribution in [2.24, 2.45) is 5.92 Å². The summed E-state index contributed by atoms with van der Waals surface area (Å²) in [6.45, 7) is 12.0. The van der Waals surface area contributed by atoms with Crippen LogP contribution in [0.5, 0.6) is 0 Å². The topological polar surface area (TPSA) is 15.3 Å². The summed E-state index contributed by atoms with van der Waals surface area (Å²) < 4.78 is 1.23. The third-order valence-corrected chi connectivity index (χ3v) is 4.54. The SMILES string of the molecule is CC1=CCCN(Cc2ccc(CNCC(C)C)cc2Br)C1. The quantitative estimate of drug-likeness (QED) is 0.767. The monoisotopic (exact) mass is 350 g/mol. The molecule has 0 amide bonds. The second-order valence-corrected chi connectivity index (χ2v) is 7.35. The van der Waals surface area contributed by atoms with Gasteiger partial charge in [0.05, 0.1) is 0 Å². The van der Waals surface area contributed by atoms with Gasteiger partial charge in [-0.05, 0) is 43.0 Å². The van der Waals surface area contributed by atoms with Gasteiger partial charge in [0.15, 0.2) is 0 Å². The lowest BCUT2D eigenvalue weighted by Crippen LogP contribution is -2.29. The fourth-order valence-corrected chi connectivity index (χ4v) is 3.25. The molecule has 21 heavy (non-hydrogen) atoms. The molecule has 1 aromatic carbocycles. The third-order valence-electron chi connectivity index (χ3n) is 3.80. The lowest BCUT2D eigenvalue weighted by atomic mass is 10.1. The van der Waals surface area contributed by atoms with Crippen LogP contribution in [-0.4, -0.2) is 24.5 Å². The van der Waals surface area contributed by atoms with Gasteiger partial charge >= 0.3 is 0 Å². The molecule has 0 saturated heterocycles. The maximum absolute atomic E-state index is 3.74. The Bertz CT molecular complexity index is 494. The average molecular weight is 351 g/mol. The number of halogens is 1. The molecule has 2 rings (SSSR count). The largest absolute Gasteiger partial charge is 0.312 e. The van der Waals surface area contributed by atoms with Crippen molar-refractivity contribution in [1.82, 2.24) is 10.2 Å². The van der Waals surface area contributed by atoms with Crippen LogP contribution in [0, 0.1) is 5.92 Å². The van der Waals surface area contributed by atoms with Gasteiger partial charge in [-0.25, -0.2) is 0 Å². The molecule has 2 nitrogen and oxygen atoms in total. The molecule has 0 radical (unpaired) electrons. The minimum Gasteiger partial charge on any atom is -0.312 e. The average Bonchev–Trinajstić information content (AvgIpc) is 2.41. The normalized spacial score (nSPS) is 16.3. The van der Waals surface area contributed by atoms with E-state index in [9.17, 15) is 0 Å². The van der Waals surface area contributed by atoms with Gasteiger partial charge in [-0.3, -0.25) is 4.90 Å². The van der Waals surface area contributed by atoms with E-state index in [2.05, 4.69) is 71.2 Å². The van der Waals surface area contributed by atoms with Gasteiger partial charge in [0.2, 0.25) is 0 Å². The first-order chi connectivity index (χ1) is 10.0. The molecule has 1 aliphatic heterocycles. The summed E-state index contributed by atoms with van der Waals surface area (Å²) in [4.78, 5) is 2.52. The highest BCUT2D eigenvalue weighted by Crippen LogP contribution is 2.22. The van der Waals surface area contributed by atoms with E-state index in [1.54, 1.807) is 0 Å². The van der Waals surface area contributed by atoms with E-state index in [4.69, 9.17) is 0 Å². The number of benzene rings is 1. The van der Waals surface area contributed by atoms with Crippen LogP contribution in [0.4, 0.5) is 0 Å². The van der Waals surface area contributed by atoms with Crippen LogP contribution in [-0.2, 0) is 13.1 Å². The Morgan fingerprint density at radius 2 is 2.14 bits per heavy atom. The van der Waals surface area contributed by atoms with Crippen molar-refractivity contribution in [3.8, 4) is 0 Å². The first kappa shape index (κ1) is 16.7. The highest BCUT2D eigenvalue weighted by Gasteiger charge is 2.12. The third kappa shape index (κ3) is 5.57. The lowest BCUT2D eigenvalue weighted by molar-refractivity contribution is 0.282. The van der Waals surface area contributed by atoms with Crippen molar-refractivity contribution >= 4 is 15.9 Å². The van der Waals surface area contributed by atoms with Crippen molar-refractivity contribution in [2.45, 2.75) is 40.3 Å². The molecule has 116 valence electrons. The molecule has 0 aromatic heterocycles. The van der Waals surface area contributed by atoms with Gasteiger partial charge in [-0.1, -0.05) is 53.6 Å². The summed E-state index contributed by atoms with van der Waals surface area (Å²) in [6, 6.07) is 6.78.